The zero-order valence-electron chi connectivity index (χ0n) is 16.5. The summed E-state index contributed by atoms with van der Waals surface area (Å²) < 4.78 is 6.41. The smallest absolute Gasteiger partial charge is 0.258 e. The number of aromatic nitrogens is 1. The van der Waals surface area contributed by atoms with Gasteiger partial charge in [-0.2, -0.15) is 0 Å². The standard InChI is InChI=1S/C23H25N3O3/c1-22-10-9-15(12-18(22)21(28)25-13-16-6-4-5-11-24-16)23(14-22)26-20(27)17-7-2-3-8-19(17)29-23/h2-8,11,15,18H,9-10,12-14H2,1H3,(H,25,28)(H,26,27)/t15-,18-,22-,23-/m0/s1. The molecule has 0 unspecified atom stereocenters. The van der Waals surface area contributed by atoms with Gasteiger partial charge in [-0.05, 0) is 48.9 Å². The molecule has 2 aromatic rings. The SMILES string of the molecule is C[C@@]12CC[C@@H](C[C@H]1C(=O)NCc1ccccn1)[C@@]1(C2)NC(=O)c2ccccc2O1. The number of fused-ring (bicyclic) bond motifs is 3. The molecule has 4 atom stereocenters. The maximum Gasteiger partial charge on any atom is 0.258 e. The molecule has 1 aliphatic heterocycles. The molecule has 2 N–H and O–H groups in total. The maximum atomic E-state index is 13.0. The minimum absolute atomic E-state index is 0.0697. The Balaban J connectivity index is 1.35. The number of carbonyl (C=O) groups excluding carboxylic acids is 2. The molecule has 1 aromatic carbocycles. The van der Waals surface area contributed by atoms with Gasteiger partial charge < -0.3 is 15.4 Å². The largest absolute Gasteiger partial charge is 0.467 e. The molecule has 3 fully saturated rings. The van der Waals surface area contributed by atoms with E-state index in [0.29, 0.717) is 30.7 Å². The summed E-state index contributed by atoms with van der Waals surface area (Å²) in [5.74, 6) is 0.656. The lowest BCUT2D eigenvalue weighted by atomic mass is 9.52. The van der Waals surface area contributed by atoms with Crippen LogP contribution < -0.4 is 15.4 Å². The Kier molecular flexibility index (Phi) is 4.12. The number of nitrogens with one attached hydrogen (secondary N) is 2. The third-order valence-electron chi connectivity index (χ3n) is 6.99. The molecule has 3 aliphatic carbocycles. The topological polar surface area (TPSA) is 80.3 Å². The average molecular weight is 391 g/mol. The lowest BCUT2D eigenvalue weighted by Gasteiger charge is -2.59. The summed E-state index contributed by atoms with van der Waals surface area (Å²) in [5, 5.41) is 6.22. The number of ether oxygens (including phenoxy) is 1. The van der Waals surface area contributed by atoms with Crippen molar-refractivity contribution in [1.29, 1.82) is 0 Å². The molecule has 6 nitrogen and oxygen atoms in total. The van der Waals surface area contributed by atoms with E-state index in [4.69, 9.17) is 4.74 Å². The zero-order chi connectivity index (χ0) is 20.1. The number of amides is 2. The highest BCUT2D eigenvalue weighted by molar-refractivity contribution is 5.98. The Morgan fingerprint density at radius 1 is 1.28 bits per heavy atom. The normalized spacial score (nSPS) is 32.2. The Morgan fingerprint density at radius 2 is 2.10 bits per heavy atom. The molecule has 1 spiro atoms. The van der Waals surface area contributed by atoms with Crippen LogP contribution >= 0.6 is 0 Å². The molecule has 6 heteroatoms. The summed E-state index contributed by atoms with van der Waals surface area (Å²) in [7, 11) is 0. The summed E-state index contributed by atoms with van der Waals surface area (Å²) in [5.41, 5.74) is 0.496. The van der Waals surface area contributed by atoms with Crippen LogP contribution in [0.4, 0.5) is 0 Å². The molecule has 150 valence electrons. The zero-order valence-corrected chi connectivity index (χ0v) is 16.5. The van der Waals surface area contributed by atoms with E-state index in [1.807, 2.05) is 36.4 Å². The van der Waals surface area contributed by atoms with Gasteiger partial charge in [0.2, 0.25) is 5.91 Å². The van der Waals surface area contributed by atoms with Crippen molar-refractivity contribution in [3.05, 3.63) is 59.9 Å². The summed E-state index contributed by atoms with van der Waals surface area (Å²) in [6.45, 7) is 2.59. The first-order valence-corrected chi connectivity index (χ1v) is 10.3. The van der Waals surface area contributed by atoms with E-state index >= 15 is 0 Å². The molecule has 0 radical (unpaired) electrons. The van der Waals surface area contributed by atoms with Gasteiger partial charge in [-0.3, -0.25) is 14.6 Å². The van der Waals surface area contributed by atoms with Gasteiger partial charge in [-0.25, -0.2) is 0 Å². The molecule has 4 aliphatic rings. The van der Waals surface area contributed by atoms with Crippen molar-refractivity contribution >= 4 is 11.8 Å². The molecule has 29 heavy (non-hydrogen) atoms. The second-order valence-corrected chi connectivity index (χ2v) is 8.84. The Labute approximate surface area is 170 Å². The van der Waals surface area contributed by atoms with Crippen LogP contribution in [0.2, 0.25) is 0 Å². The van der Waals surface area contributed by atoms with E-state index in [0.717, 1.165) is 18.5 Å². The van der Waals surface area contributed by atoms with E-state index < -0.39 is 5.72 Å². The number of carbonyl (C=O) groups is 2. The lowest BCUT2D eigenvalue weighted by Crippen LogP contribution is -2.69. The van der Waals surface area contributed by atoms with E-state index in [9.17, 15) is 9.59 Å². The average Bonchev–Trinajstić information content (AvgIpc) is 2.72. The molecule has 0 saturated heterocycles. The Hall–Kier alpha value is -2.89. The highest BCUT2D eigenvalue weighted by Crippen LogP contribution is 2.58. The van der Waals surface area contributed by atoms with Crippen LogP contribution in [0, 0.1) is 17.3 Å². The number of rotatable bonds is 3. The third kappa shape index (κ3) is 2.98. The second kappa shape index (κ2) is 6.58. The van der Waals surface area contributed by atoms with Crippen molar-refractivity contribution in [2.24, 2.45) is 17.3 Å². The number of hydrogen-bond acceptors (Lipinski definition) is 4. The van der Waals surface area contributed by atoms with E-state index in [-0.39, 0.29) is 29.1 Å². The van der Waals surface area contributed by atoms with E-state index in [1.54, 1.807) is 12.3 Å². The van der Waals surface area contributed by atoms with Crippen LogP contribution in [0.5, 0.6) is 5.75 Å². The molecular formula is C23H25N3O3. The van der Waals surface area contributed by atoms with Gasteiger partial charge in [-0.15, -0.1) is 0 Å². The predicted octanol–water partition coefficient (Wildman–Crippen LogP) is 3.04. The van der Waals surface area contributed by atoms with E-state index in [1.165, 1.54) is 0 Å². The van der Waals surface area contributed by atoms with Crippen molar-refractivity contribution in [3.8, 4) is 5.75 Å². The predicted molar refractivity (Wildman–Crippen MR) is 107 cm³/mol. The monoisotopic (exact) mass is 391 g/mol. The van der Waals surface area contributed by atoms with Crippen LogP contribution in [0.1, 0.15) is 48.7 Å². The minimum atomic E-state index is -0.712. The fourth-order valence-electron chi connectivity index (χ4n) is 5.46. The summed E-state index contributed by atoms with van der Waals surface area (Å²) >= 11 is 0. The molecular weight excluding hydrogens is 366 g/mol. The van der Waals surface area contributed by atoms with Crippen LogP contribution in [0.25, 0.3) is 0 Å². The lowest BCUT2D eigenvalue weighted by molar-refractivity contribution is -0.167. The fourth-order valence-corrected chi connectivity index (χ4v) is 5.46. The van der Waals surface area contributed by atoms with Crippen LogP contribution in [-0.2, 0) is 11.3 Å². The summed E-state index contributed by atoms with van der Waals surface area (Å²) in [6.07, 6.45) is 5.00. The highest BCUT2D eigenvalue weighted by Gasteiger charge is 2.61. The minimum Gasteiger partial charge on any atom is -0.467 e. The summed E-state index contributed by atoms with van der Waals surface area (Å²) in [4.78, 5) is 30.0. The van der Waals surface area contributed by atoms with Crippen molar-refractivity contribution in [2.45, 2.75) is 44.9 Å². The first-order valence-electron chi connectivity index (χ1n) is 10.3. The van der Waals surface area contributed by atoms with Gasteiger partial charge in [0.1, 0.15) is 5.75 Å². The molecule has 1 aromatic heterocycles. The Bertz CT molecular complexity index is 963. The van der Waals surface area contributed by atoms with Crippen LogP contribution in [0.3, 0.4) is 0 Å². The molecule has 6 rings (SSSR count). The van der Waals surface area contributed by atoms with Gasteiger partial charge in [0.15, 0.2) is 5.72 Å². The van der Waals surface area contributed by atoms with Crippen LogP contribution in [-0.4, -0.2) is 22.5 Å². The highest BCUT2D eigenvalue weighted by atomic mass is 16.5. The second-order valence-electron chi connectivity index (χ2n) is 8.84. The maximum absolute atomic E-state index is 13.0. The van der Waals surface area contributed by atoms with Crippen molar-refractivity contribution < 1.29 is 14.3 Å². The first kappa shape index (κ1) is 18.2. The number of nitrogens with zero attached hydrogens (tertiary/aromatic N) is 1. The fraction of sp³-hybridized carbons (Fsp3) is 0.435. The van der Waals surface area contributed by atoms with Gasteiger partial charge in [0.05, 0.1) is 17.8 Å². The van der Waals surface area contributed by atoms with Gasteiger partial charge >= 0.3 is 0 Å². The number of hydrogen-bond donors (Lipinski definition) is 2. The van der Waals surface area contributed by atoms with Crippen molar-refractivity contribution in [2.75, 3.05) is 0 Å². The quantitative estimate of drug-likeness (QED) is 0.843. The van der Waals surface area contributed by atoms with E-state index in [2.05, 4.69) is 22.5 Å². The number of para-hydroxylation sites is 1. The third-order valence-corrected chi connectivity index (χ3v) is 6.99. The summed E-state index contributed by atoms with van der Waals surface area (Å²) in [6, 6.07) is 13.1. The van der Waals surface area contributed by atoms with Crippen molar-refractivity contribution in [3.63, 3.8) is 0 Å². The first-order chi connectivity index (χ1) is 14.0. The van der Waals surface area contributed by atoms with Gasteiger partial charge in [-0.1, -0.05) is 25.1 Å². The molecule has 2 bridgehead atoms. The number of benzene rings is 1. The molecule has 3 saturated carbocycles. The Morgan fingerprint density at radius 3 is 2.90 bits per heavy atom. The van der Waals surface area contributed by atoms with Gasteiger partial charge in [0.25, 0.3) is 5.91 Å². The molecule has 2 heterocycles. The van der Waals surface area contributed by atoms with Crippen molar-refractivity contribution in [1.82, 2.24) is 15.6 Å². The molecule has 2 amide bonds. The van der Waals surface area contributed by atoms with Gasteiger partial charge in [0, 0.05) is 24.5 Å². The van der Waals surface area contributed by atoms with Crippen LogP contribution in [0.15, 0.2) is 48.7 Å². The number of pyridine rings is 1.